The molecule has 0 spiro atoms. The fourth-order valence-electron chi connectivity index (χ4n) is 1.57. The SMILES string of the molecule is CC(C)[C@H](OC(=O)c1c(Cl)ccc(Cl)c1Cl)C(=O)NC(N)=O. The summed E-state index contributed by atoms with van der Waals surface area (Å²) in [5, 5.41) is 1.90. The van der Waals surface area contributed by atoms with Crippen molar-refractivity contribution in [2.75, 3.05) is 0 Å². The van der Waals surface area contributed by atoms with Crippen LogP contribution in [0.3, 0.4) is 0 Å². The number of hydrogen-bond donors (Lipinski definition) is 2. The molecule has 1 atom stereocenters. The lowest BCUT2D eigenvalue weighted by Crippen LogP contribution is -2.45. The van der Waals surface area contributed by atoms with E-state index >= 15 is 0 Å². The predicted molar refractivity (Wildman–Crippen MR) is 83.2 cm³/mol. The molecular formula is C13H13Cl3N2O4. The lowest BCUT2D eigenvalue weighted by atomic mass is 10.1. The molecule has 1 rings (SSSR count). The van der Waals surface area contributed by atoms with Crippen molar-refractivity contribution >= 4 is 52.7 Å². The highest BCUT2D eigenvalue weighted by Gasteiger charge is 2.30. The second-order valence-corrected chi connectivity index (χ2v) is 5.83. The minimum atomic E-state index is -1.24. The first-order valence-electron chi connectivity index (χ1n) is 6.10. The molecule has 0 heterocycles. The molecule has 6 nitrogen and oxygen atoms in total. The lowest BCUT2D eigenvalue weighted by molar-refractivity contribution is -0.130. The fourth-order valence-corrected chi connectivity index (χ4v) is 2.26. The molecule has 3 N–H and O–H groups in total. The number of benzene rings is 1. The Bertz CT molecular complexity index is 620. The van der Waals surface area contributed by atoms with Crippen LogP contribution in [0.5, 0.6) is 0 Å². The van der Waals surface area contributed by atoms with Crippen molar-refractivity contribution in [3.05, 3.63) is 32.8 Å². The molecule has 3 amide bonds. The van der Waals surface area contributed by atoms with Crippen molar-refractivity contribution < 1.29 is 19.1 Å². The van der Waals surface area contributed by atoms with Crippen LogP contribution in [0.15, 0.2) is 12.1 Å². The molecule has 0 unspecified atom stereocenters. The van der Waals surface area contributed by atoms with Crippen molar-refractivity contribution in [3.63, 3.8) is 0 Å². The van der Waals surface area contributed by atoms with E-state index in [1.807, 2.05) is 5.32 Å². The van der Waals surface area contributed by atoms with Gasteiger partial charge in [-0.25, -0.2) is 9.59 Å². The van der Waals surface area contributed by atoms with Crippen molar-refractivity contribution in [2.24, 2.45) is 11.7 Å². The largest absolute Gasteiger partial charge is 0.448 e. The number of imide groups is 1. The quantitative estimate of drug-likeness (QED) is 0.631. The second-order valence-electron chi connectivity index (χ2n) is 4.64. The monoisotopic (exact) mass is 366 g/mol. The molecule has 0 aliphatic heterocycles. The maximum Gasteiger partial charge on any atom is 0.342 e. The number of carbonyl (C=O) groups is 3. The van der Waals surface area contributed by atoms with E-state index in [0.29, 0.717) is 0 Å². The highest BCUT2D eigenvalue weighted by Crippen LogP contribution is 2.32. The van der Waals surface area contributed by atoms with Crippen molar-refractivity contribution in [3.8, 4) is 0 Å². The molecule has 1 aromatic carbocycles. The second kappa shape index (κ2) is 7.67. The molecule has 0 aromatic heterocycles. The summed E-state index contributed by atoms with van der Waals surface area (Å²) < 4.78 is 5.09. The number of urea groups is 1. The molecule has 22 heavy (non-hydrogen) atoms. The molecule has 0 radical (unpaired) electrons. The van der Waals surface area contributed by atoms with Gasteiger partial charge in [0.1, 0.15) is 0 Å². The maximum atomic E-state index is 12.2. The summed E-state index contributed by atoms with van der Waals surface area (Å²) in [4.78, 5) is 34.8. The first-order chi connectivity index (χ1) is 10.1. The molecule has 0 saturated carbocycles. The third-order valence-corrected chi connectivity index (χ3v) is 3.71. The zero-order valence-electron chi connectivity index (χ0n) is 11.7. The normalized spacial score (nSPS) is 11.9. The molecule has 0 saturated heterocycles. The minimum absolute atomic E-state index is 0.0252. The highest BCUT2D eigenvalue weighted by atomic mass is 35.5. The van der Waals surface area contributed by atoms with Gasteiger partial charge in [-0.15, -0.1) is 0 Å². The van der Waals surface area contributed by atoms with Crippen molar-refractivity contribution in [1.82, 2.24) is 5.32 Å². The van der Waals surface area contributed by atoms with E-state index in [1.54, 1.807) is 13.8 Å². The standard InChI is InChI=1S/C13H13Cl3N2O4/c1-5(2)10(11(19)18-13(17)21)22-12(20)8-6(14)3-4-7(15)9(8)16/h3-5,10H,1-2H3,(H3,17,18,19,21)/t10-/m0/s1. The molecule has 0 fully saturated rings. The van der Waals surface area contributed by atoms with E-state index in [9.17, 15) is 14.4 Å². The summed E-state index contributed by atoms with van der Waals surface area (Å²) in [5.74, 6) is -2.19. The Morgan fingerprint density at radius 2 is 1.68 bits per heavy atom. The number of esters is 1. The van der Waals surface area contributed by atoms with Crippen LogP contribution in [-0.4, -0.2) is 24.0 Å². The van der Waals surface area contributed by atoms with Gasteiger partial charge in [0.2, 0.25) is 0 Å². The summed E-state index contributed by atoms with van der Waals surface area (Å²) in [5.41, 5.74) is 4.71. The average molecular weight is 368 g/mol. The topological polar surface area (TPSA) is 98.5 Å². The molecule has 120 valence electrons. The molecule has 0 aliphatic carbocycles. The number of rotatable bonds is 4. The van der Waals surface area contributed by atoms with Crippen LogP contribution < -0.4 is 11.1 Å². The number of carbonyl (C=O) groups excluding carboxylic acids is 3. The zero-order chi connectivity index (χ0) is 17.0. The summed E-state index contributed by atoms with van der Waals surface area (Å²) >= 11 is 17.7. The van der Waals surface area contributed by atoms with E-state index in [1.165, 1.54) is 12.1 Å². The van der Waals surface area contributed by atoms with Crippen molar-refractivity contribution in [1.29, 1.82) is 0 Å². The Kier molecular flexibility index (Phi) is 6.47. The van der Waals surface area contributed by atoms with Gasteiger partial charge >= 0.3 is 12.0 Å². The van der Waals surface area contributed by atoms with Crippen LogP contribution in [0.25, 0.3) is 0 Å². The Hall–Kier alpha value is -1.50. The number of nitrogens with two attached hydrogens (primary N) is 1. The number of nitrogens with one attached hydrogen (secondary N) is 1. The van der Waals surface area contributed by atoms with Gasteiger partial charge in [-0.1, -0.05) is 48.7 Å². The summed E-state index contributed by atoms with van der Waals surface area (Å²) in [7, 11) is 0. The van der Waals surface area contributed by atoms with Gasteiger partial charge in [0.05, 0.1) is 20.6 Å². The third kappa shape index (κ3) is 4.50. The molecule has 0 bridgehead atoms. The van der Waals surface area contributed by atoms with Crippen molar-refractivity contribution in [2.45, 2.75) is 20.0 Å². The number of primary amides is 1. The number of amides is 3. The van der Waals surface area contributed by atoms with E-state index in [-0.39, 0.29) is 20.6 Å². The molecular weight excluding hydrogens is 355 g/mol. The predicted octanol–water partition coefficient (Wildman–Crippen LogP) is 3.02. The maximum absolute atomic E-state index is 12.2. The van der Waals surface area contributed by atoms with Gasteiger partial charge < -0.3 is 10.5 Å². The van der Waals surface area contributed by atoms with E-state index < -0.39 is 29.9 Å². The molecule has 1 aromatic rings. The van der Waals surface area contributed by atoms with Crippen LogP contribution in [-0.2, 0) is 9.53 Å². The van der Waals surface area contributed by atoms with E-state index in [4.69, 9.17) is 45.3 Å². The summed E-state index contributed by atoms with van der Waals surface area (Å²) in [6.07, 6.45) is -1.24. The number of ether oxygens (including phenoxy) is 1. The Labute approximate surface area is 141 Å². The Morgan fingerprint density at radius 1 is 1.14 bits per heavy atom. The first kappa shape index (κ1) is 18.5. The number of halogens is 3. The van der Waals surface area contributed by atoms with Crippen LogP contribution in [0.1, 0.15) is 24.2 Å². The van der Waals surface area contributed by atoms with Crippen LogP contribution in [0.4, 0.5) is 4.79 Å². The van der Waals surface area contributed by atoms with Gasteiger partial charge in [-0.3, -0.25) is 10.1 Å². The highest BCUT2D eigenvalue weighted by molar-refractivity contribution is 6.46. The Balaban J connectivity index is 3.05. The first-order valence-corrected chi connectivity index (χ1v) is 7.23. The smallest absolute Gasteiger partial charge is 0.342 e. The third-order valence-electron chi connectivity index (χ3n) is 2.59. The van der Waals surface area contributed by atoms with Crippen LogP contribution in [0.2, 0.25) is 15.1 Å². The van der Waals surface area contributed by atoms with Gasteiger partial charge in [-0.05, 0) is 18.1 Å². The van der Waals surface area contributed by atoms with Gasteiger partial charge in [0, 0.05) is 0 Å². The van der Waals surface area contributed by atoms with Crippen LogP contribution >= 0.6 is 34.8 Å². The number of hydrogen-bond acceptors (Lipinski definition) is 4. The van der Waals surface area contributed by atoms with Gasteiger partial charge in [0.25, 0.3) is 5.91 Å². The lowest BCUT2D eigenvalue weighted by Gasteiger charge is -2.20. The zero-order valence-corrected chi connectivity index (χ0v) is 13.9. The van der Waals surface area contributed by atoms with Crippen LogP contribution in [0, 0.1) is 5.92 Å². The minimum Gasteiger partial charge on any atom is -0.448 e. The average Bonchev–Trinajstić information content (AvgIpc) is 2.39. The van der Waals surface area contributed by atoms with E-state index in [2.05, 4.69) is 0 Å². The van der Waals surface area contributed by atoms with Gasteiger partial charge in [-0.2, -0.15) is 0 Å². The summed E-state index contributed by atoms with van der Waals surface area (Å²) in [6.45, 7) is 3.25. The summed E-state index contributed by atoms with van der Waals surface area (Å²) in [6, 6.07) is 1.74. The van der Waals surface area contributed by atoms with E-state index in [0.717, 1.165) is 0 Å². The Morgan fingerprint density at radius 3 is 2.18 bits per heavy atom. The fraction of sp³-hybridized carbons (Fsp3) is 0.308. The van der Waals surface area contributed by atoms with Gasteiger partial charge in [0.15, 0.2) is 6.10 Å². The molecule has 9 heteroatoms. The molecule has 0 aliphatic rings.